The average Bonchev–Trinajstić information content (AvgIpc) is 2.37. The van der Waals surface area contributed by atoms with Gasteiger partial charge in [0.15, 0.2) is 0 Å². The van der Waals surface area contributed by atoms with Gasteiger partial charge >= 0.3 is 0 Å². The molecule has 1 aromatic rings. The van der Waals surface area contributed by atoms with Gasteiger partial charge in [0.25, 0.3) is 0 Å². The molecule has 7 nitrogen and oxygen atoms in total. The minimum atomic E-state index is -3.42. The molecule has 0 spiro atoms. The molecule has 0 aromatic carbocycles. The van der Waals surface area contributed by atoms with Crippen LogP contribution in [0.2, 0.25) is 0 Å². The molecular formula is C12H21N3O4S2. The zero-order chi connectivity index (χ0) is 15.9. The Hall–Kier alpha value is -1.03. The summed E-state index contributed by atoms with van der Waals surface area (Å²) in [6.07, 6.45) is 4.79. The Bertz CT molecular complexity index is 630. The highest BCUT2D eigenvalue weighted by atomic mass is 32.2. The lowest BCUT2D eigenvalue weighted by Gasteiger charge is -2.20. The Morgan fingerprint density at radius 2 is 1.81 bits per heavy atom. The Morgan fingerprint density at radius 1 is 1.19 bits per heavy atom. The fraction of sp³-hybridized carbons (Fsp3) is 0.583. The van der Waals surface area contributed by atoms with E-state index in [9.17, 15) is 16.8 Å². The maximum atomic E-state index is 11.8. The van der Waals surface area contributed by atoms with Gasteiger partial charge in [-0.15, -0.1) is 0 Å². The van der Waals surface area contributed by atoms with Crippen LogP contribution in [0.25, 0.3) is 0 Å². The highest BCUT2D eigenvalue weighted by molar-refractivity contribution is 7.89. The molecule has 21 heavy (non-hydrogen) atoms. The summed E-state index contributed by atoms with van der Waals surface area (Å²) in [4.78, 5) is 3.87. The van der Waals surface area contributed by atoms with Gasteiger partial charge in [0.05, 0.1) is 12.0 Å². The summed E-state index contributed by atoms with van der Waals surface area (Å²) in [5.74, 6) is 0.0379. The van der Waals surface area contributed by atoms with Crippen LogP contribution in [0.1, 0.15) is 18.9 Å². The van der Waals surface area contributed by atoms with E-state index >= 15 is 0 Å². The lowest BCUT2D eigenvalue weighted by molar-refractivity contribution is 0.412. The number of nitrogens with zero attached hydrogens (tertiary/aromatic N) is 2. The topological polar surface area (TPSA) is 96.4 Å². The van der Waals surface area contributed by atoms with Crippen molar-refractivity contribution in [3.05, 3.63) is 30.1 Å². The molecule has 0 aliphatic carbocycles. The summed E-state index contributed by atoms with van der Waals surface area (Å²) in [6, 6.07) is 3.44. The van der Waals surface area contributed by atoms with Gasteiger partial charge in [0.2, 0.25) is 20.0 Å². The summed E-state index contributed by atoms with van der Waals surface area (Å²) in [7, 11) is -6.74. The van der Waals surface area contributed by atoms with E-state index in [4.69, 9.17) is 0 Å². The largest absolute Gasteiger partial charge is 0.265 e. The molecule has 0 bridgehead atoms. The normalized spacial score (nSPS) is 12.7. The van der Waals surface area contributed by atoms with E-state index in [1.165, 1.54) is 4.31 Å². The van der Waals surface area contributed by atoms with Crippen LogP contribution in [0.5, 0.6) is 0 Å². The van der Waals surface area contributed by atoms with Gasteiger partial charge in [0.1, 0.15) is 0 Å². The minimum absolute atomic E-state index is 0.0379. The van der Waals surface area contributed by atoms with Gasteiger partial charge in [-0.2, -0.15) is 4.31 Å². The molecule has 0 saturated carbocycles. The zero-order valence-corrected chi connectivity index (χ0v) is 13.8. The minimum Gasteiger partial charge on any atom is -0.265 e. The summed E-state index contributed by atoms with van der Waals surface area (Å²) in [5.41, 5.74) is 0.798. The molecule has 1 aromatic heterocycles. The van der Waals surface area contributed by atoms with Crippen molar-refractivity contribution < 1.29 is 16.8 Å². The summed E-state index contributed by atoms with van der Waals surface area (Å²) in [6.45, 7) is 2.10. The first-order chi connectivity index (χ1) is 9.74. The van der Waals surface area contributed by atoms with Crippen molar-refractivity contribution in [2.75, 3.05) is 25.1 Å². The Kier molecular flexibility index (Phi) is 6.72. The summed E-state index contributed by atoms with van der Waals surface area (Å²) >= 11 is 0. The molecule has 1 N–H and O–H groups in total. The molecule has 0 amide bonds. The predicted molar refractivity (Wildman–Crippen MR) is 81.6 cm³/mol. The van der Waals surface area contributed by atoms with Crippen molar-refractivity contribution >= 4 is 20.0 Å². The summed E-state index contributed by atoms with van der Waals surface area (Å²) in [5, 5.41) is 0. The predicted octanol–water partition coefficient (Wildman–Crippen LogP) is 0.173. The number of sulfonamides is 2. The molecule has 0 radical (unpaired) electrons. The molecule has 0 aliphatic rings. The Morgan fingerprint density at radius 3 is 2.33 bits per heavy atom. The van der Waals surface area contributed by atoms with E-state index in [1.807, 2.05) is 0 Å². The van der Waals surface area contributed by atoms with Gasteiger partial charge < -0.3 is 0 Å². The van der Waals surface area contributed by atoms with Crippen LogP contribution in [0.3, 0.4) is 0 Å². The second kappa shape index (κ2) is 7.83. The number of hydrogen-bond donors (Lipinski definition) is 1. The number of nitrogens with one attached hydrogen (secondary N) is 1. The average molecular weight is 335 g/mol. The molecule has 1 rings (SSSR count). The number of aromatic nitrogens is 1. The van der Waals surface area contributed by atoms with Crippen LogP contribution in [-0.4, -0.2) is 51.2 Å². The third-order valence-corrected chi connectivity index (χ3v) is 5.57. The summed E-state index contributed by atoms with van der Waals surface area (Å²) < 4.78 is 50.2. The molecule has 0 saturated heterocycles. The molecule has 0 fully saturated rings. The third kappa shape index (κ3) is 6.98. The van der Waals surface area contributed by atoms with Gasteiger partial charge in [0, 0.05) is 32.0 Å². The van der Waals surface area contributed by atoms with Crippen molar-refractivity contribution in [2.45, 2.75) is 19.9 Å². The van der Waals surface area contributed by atoms with Crippen LogP contribution in [0, 0.1) is 0 Å². The van der Waals surface area contributed by atoms with Crippen molar-refractivity contribution in [3.8, 4) is 0 Å². The van der Waals surface area contributed by atoms with E-state index in [0.29, 0.717) is 6.42 Å². The van der Waals surface area contributed by atoms with Gasteiger partial charge in [-0.25, -0.2) is 21.6 Å². The molecule has 0 unspecified atom stereocenters. The highest BCUT2D eigenvalue weighted by Gasteiger charge is 2.18. The molecule has 1 heterocycles. The van der Waals surface area contributed by atoms with Gasteiger partial charge in [-0.05, 0) is 24.1 Å². The van der Waals surface area contributed by atoms with Crippen LogP contribution >= 0.6 is 0 Å². The first-order valence-electron chi connectivity index (χ1n) is 6.56. The van der Waals surface area contributed by atoms with Gasteiger partial charge in [-0.1, -0.05) is 6.92 Å². The fourth-order valence-electron chi connectivity index (χ4n) is 1.72. The van der Waals surface area contributed by atoms with E-state index in [0.717, 1.165) is 11.8 Å². The van der Waals surface area contributed by atoms with Crippen LogP contribution in [0.4, 0.5) is 0 Å². The second-order valence-electron chi connectivity index (χ2n) is 4.67. The number of pyridine rings is 1. The van der Waals surface area contributed by atoms with Crippen molar-refractivity contribution in [3.63, 3.8) is 0 Å². The highest BCUT2D eigenvalue weighted by Crippen LogP contribution is 2.06. The number of hydrogen-bond acceptors (Lipinski definition) is 5. The molecule has 120 valence electrons. The maximum Gasteiger partial charge on any atom is 0.211 e. The Balaban J connectivity index is 2.65. The molecule has 0 atom stereocenters. The second-order valence-corrected chi connectivity index (χ2v) is 8.57. The molecular weight excluding hydrogens is 314 g/mol. The van der Waals surface area contributed by atoms with Crippen molar-refractivity contribution in [1.82, 2.24) is 14.0 Å². The van der Waals surface area contributed by atoms with Crippen molar-refractivity contribution in [1.29, 1.82) is 0 Å². The molecule has 9 heteroatoms. The van der Waals surface area contributed by atoms with Crippen LogP contribution < -0.4 is 4.72 Å². The monoisotopic (exact) mass is 335 g/mol. The first-order valence-corrected chi connectivity index (χ1v) is 10.1. The zero-order valence-electron chi connectivity index (χ0n) is 12.2. The van der Waals surface area contributed by atoms with Crippen molar-refractivity contribution in [2.24, 2.45) is 0 Å². The standard InChI is InChI=1S/C12H21N3O4S2/c1-3-10-21(18,19)14-8-9-15(20(2,16)17)11-12-4-6-13-7-5-12/h4-7,14H,3,8-11H2,1-2H3. The quantitative estimate of drug-likeness (QED) is 0.694. The lowest BCUT2D eigenvalue weighted by Crippen LogP contribution is -2.38. The third-order valence-electron chi connectivity index (χ3n) is 2.73. The number of rotatable bonds is 9. The smallest absolute Gasteiger partial charge is 0.211 e. The van der Waals surface area contributed by atoms with Gasteiger partial charge in [-0.3, -0.25) is 4.98 Å². The SMILES string of the molecule is CCCS(=O)(=O)NCCN(Cc1ccncc1)S(C)(=O)=O. The van der Waals surface area contributed by atoms with E-state index < -0.39 is 20.0 Å². The van der Waals surface area contributed by atoms with E-state index in [-0.39, 0.29) is 25.4 Å². The van der Waals surface area contributed by atoms with Crippen LogP contribution in [-0.2, 0) is 26.6 Å². The maximum absolute atomic E-state index is 11.8. The molecule has 0 aliphatic heterocycles. The Labute approximate surface area is 126 Å². The lowest BCUT2D eigenvalue weighted by atomic mass is 10.3. The van der Waals surface area contributed by atoms with Crippen LogP contribution in [0.15, 0.2) is 24.5 Å². The van der Waals surface area contributed by atoms with E-state index in [2.05, 4.69) is 9.71 Å². The fourth-order valence-corrected chi connectivity index (χ4v) is 3.61. The first kappa shape index (κ1) is 18.0. The van der Waals surface area contributed by atoms with E-state index in [1.54, 1.807) is 31.5 Å².